The lowest BCUT2D eigenvalue weighted by Crippen LogP contribution is -2.36. The lowest BCUT2D eigenvalue weighted by molar-refractivity contribution is 0.0384. The van der Waals surface area contributed by atoms with E-state index in [2.05, 4.69) is 16.5 Å². The van der Waals surface area contributed by atoms with E-state index in [0.717, 1.165) is 35.5 Å². The first-order valence-electron chi connectivity index (χ1n) is 7.63. The van der Waals surface area contributed by atoms with E-state index in [4.69, 9.17) is 4.74 Å². The first-order chi connectivity index (χ1) is 10.5. The fourth-order valence-corrected chi connectivity index (χ4v) is 3.39. The van der Waals surface area contributed by atoms with Crippen molar-refractivity contribution in [2.24, 2.45) is 7.05 Å². The van der Waals surface area contributed by atoms with Crippen LogP contribution in [0, 0.1) is 6.92 Å². The van der Waals surface area contributed by atoms with Crippen LogP contribution < -0.4 is 10.1 Å². The van der Waals surface area contributed by atoms with E-state index in [-0.39, 0.29) is 0 Å². The van der Waals surface area contributed by atoms with Crippen molar-refractivity contribution in [2.75, 3.05) is 13.7 Å². The highest BCUT2D eigenvalue weighted by Crippen LogP contribution is 2.36. The summed E-state index contributed by atoms with van der Waals surface area (Å²) in [4.78, 5) is 0. The summed E-state index contributed by atoms with van der Waals surface area (Å²) in [6.07, 6.45) is 1.70. The molecule has 0 saturated carbocycles. The number of benzene rings is 1. The molecule has 1 aliphatic carbocycles. The van der Waals surface area contributed by atoms with Gasteiger partial charge < -0.3 is 15.2 Å². The second-order valence-electron chi connectivity index (χ2n) is 5.99. The number of nitrogens with zero attached hydrogens (tertiary/aromatic N) is 2. The topological polar surface area (TPSA) is 59.3 Å². The van der Waals surface area contributed by atoms with E-state index >= 15 is 0 Å². The van der Waals surface area contributed by atoms with Gasteiger partial charge in [0.05, 0.1) is 18.4 Å². The molecule has 1 atom stereocenters. The molecule has 0 saturated heterocycles. The lowest BCUT2D eigenvalue weighted by Gasteiger charge is -2.24. The Balaban J connectivity index is 1.70. The van der Waals surface area contributed by atoms with Crippen molar-refractivity contribution in [2.45, 2.75) is 31.9 Å². The monoisotopic (exact) mass is 301 g/mol. The molecule has 0 fully saturated rings. The smallest absolute Gasteiger partial charge is 0.216 e. The summed E-state index contributed by atoms with van der Waals surface area (Å²) in [6.45, 7) is 3.13. The molecule has 5 nitrogen and oxygen atoms in total. The summed E-state index contributed by atoms with van der Waals surface area (Å²) in [6, 6.07) is 8.15. The number of nitrogens with one attached hydrogen (secondary N) is 1. The van der Waals surface area contributed by atoms with Gasteiger partial charge in [-0.05, 0) is 30.9 Å². The third kappa shape index (κ3) is 2.51. The van der Waals surface area contributed by atoms with Crippen LogP contribution in [0.5, 0.6) is 5.88 Å². The van der Waals surface area contributed by atoms with Gasteiger partial charge in [0.15, 0.2) is 0 Å². The third-order valence-corrected chi connectivity index (χ3v) is 4.53. The summed E-state index contributed by atoms with van der Waals surface area (Å²) in [5.41, 5.74) is 3.52. The van der Waals surface area contributed by atoms with Crippen LogP contribution in [-0.2, 0) is 25.6 Å². The van der Waals surface area contributed by atoms with Crippen LogP contribution in [0.4, 0.5) is 0 Å². The highest BCUT2D eigenvalue weighted by atomic mass is 16.5. The zero-order chi connectivity index (χ0) is 15.7. The Morgan fingerprint density at radius 2 is 2.18 bits per heavy atom. The number of fused-ring (bicyclic) bond motifs is 1. The molecule has 2 N–H and O–H groups in total. The largest absolute Gasteiger partial charge is 0.481 e. The zero-order valence-corrected chi connectivity index (χ0v) is 13.4. The molecule has 0 bridgehead atoms. The molecule has 2 aromatic rings. The predicted molar refractivity (Wildman–Crippen MR) is 84.9 cm³/mol. The Hall–Kier alpha value is -1.85. The van der Waals surface area contributed by atoms with Gasteiger partial charge in [-0.15, -0.1) is 0 Å². The maximum atomic E-state index is 10.9. The highest BCUT2D eigenvalue weighted by Gasteiger charge is 2.35. The van der Waals surface area contributed by atoms with Crippen LogP contribution in [0.1, 0.15) is 28.8 Å². The van der Waals surface area contributed by atoms with Crippen molar-refractivity contribution in [3.8, 4) is 5.88 Å². The van der Waals surface area contributed by atoms with Crippen molar-refractivity contribution < 1.29 is 9.84 Å². The van der Waals surface area contributed by atoms with Crippen molar-refractivity contribution >= 4 is 0 Å². The number of hydrogen-bond donors (Lipinski definition) is 2. The first kappa shape index (κ1) is 15.1. The van der Waals surface area contributed by atoms with E-state index < -0.39 is 5.60 Å². The summed E-state index contributed by atoms with van der Waals surface area (Å²) in [5.74, 6) is 0.767. The molecule has 3 rings (SSSR count). The van der Waals surface area contributed by atoms with Crippen LogP contribution in [0.25, 0.3) is 0 Å². The van der Waals surface area contributed by atoms with E-state index in [9.17, 15) is 5.11 Å². The number of aryl methyl sites for hydroxylation is 3. The molecule has 118 valence electrons. The average Bonchev–Trinajstić information content (AvgIpc) is 2.98. The van der Waals surface area contributed by atoms with Gasteiger partial charge in [0, 0.05) is 20.1 Å². The Morgan fingerprint density at radius 1 is 1.41 bits per heavy atom. The molecule has 0 aliphatic heterocycles. The maximum absolute atomic E-state index is 10.9. The molecule has 1 aromatic heterocycles. The molecular weight excluding hydrogens is 278 g/mol. The number of aliphatic hydroxyl groups is 1. The van der Waals surface area contributed by atoms with Crippen molar-refractivity contribution in [3.63, 3.8) is 0 Å². The van der Waals surface area contributed by atoms with Gasteiger partial charge in [-0.1, -0.05) is 24.3 Å². The Kier molecular flexibility index (Phi) is 3.93. The predicted octanol–water partition coefficient (Wildman–Crippen LogP) is 1.66. The Morgan fingerprint density at radius 3 is 2.95 bits per heavy atom. The number of rotatable bonds is 5. The van der Waals surface area contributed by atoms with E-state index in [0.29, 0.717) is 13.1 Å². The van der Waals surface area contributed by atoms with E-state index in [1.165, 1.54) is 5.56 Å². The van der Waals surface area contributed by atoms with Crippen LogP contribution in [0.2, 0.25) is 0 Å². The molecule has 0 amide bonds. The second-order valence-corrected chi connectivity index (χ2v) is 5.99. The molecule has 22 heavy (non-hydrogen) atoms. The molecular formula is C17H23N3O2. The molecule has 1 aliphatic rings. The van der Waals surface area contributed by atoms with Gasteiger partial charge in [-0.2, -0.15) is 5.10 Å². The fourth-order valence-electron chi connectivity index (χ4n) is 3.39. The minimum absolute atomic E-state index is 0.529. The van der Waals surface area contributed by atoms with Crippen LogP contribution in [0.15, 0.2) is 24.3 Å². The minimum atomic E-state index is -0.778. The SMILES string of the molecule is COc1c(CNCC2(O)CCc3ccccc32)c(C)nn1C. The minimum Gasteiger partial charge on any atom is -0.481 e. The standard InChI is InChI=1S/C17H23N3O2/c1-12-14(16(22-3)20(2)19-12)10-18-11-17(21)9-8-13-6-4-5-7-15(13)17/h4-7,18,21H,8-11H2,1-3H3. The van der Waals surface area contributed by atoms with Crippen LogP contribution in [0.3, 0.4) is 0 Å². The molecule has 1 aromatic carbocycles. The number of aromatic nitrogens is 2. The van der Waals surface area contributed by atoms with Gasteiger partial charge in [0.25, 0.3) is 0 Å². The van der Waals surface area contributed by atoms with Gasteiger partial charge in [0.2, 0.25) is 5.88 Å². The lowest BCUT2D eigenvalue weighted by atomic mass is 9.96. The summed E-state index contributed by atoms with van der Waals surface area (Å²) in [5, 5.41) is 18.7. The highest BCUT2D eigenvalue weighted by molar-refractivity contribution is 5.37. The van der Waals surface area contributed by atoms with Crippen molar-refractivity contribution in [1.29, 1.82) is 0 Å². The number of ether oxygens (including phenoxy) is 1. The Bertz CT molecular complexity index is 681. The van der Waals surface area contributed by atoms with Gasteiger partial charge in [0.1, 0.15) is 5.60 Å². The van der Waals surface area contributed by atoms with Gasteiger partial charge >= 0.3 is 0 Å². The summed E-state index contributed by atoms with van der Waals surface area (Å²) < 4.78 is 7.14. The number of hydrogen-bond acceptors (Lipinski definition) is 4. The van der Waals surface area contributed by atoms with Crippen LogP contribution >= 0.6 is 0 Å². The molecule has 0 spiro atoms. The van der Waals surface area contributed by atoms with Gasteiger partial charge in [-0.25, -0.2) is 4.68 Å². The Labute approximate surface area is 130 Å². The van der Waals surface area contributed by atoms with E-state index in [1.54, 1.807) is 11.8 Å². The third-order valence-electron chi connectivity index (χ3n) is 4.53. The first-order valence-corrected chi connectivity index (χ1v) is 7.63. The van der Waals surface area contributed by atoms with Crippen molar-refractivity contribution in [3.05, 3.63) is 46.6 Å². The molecule has 1 unspecified atom stereocenters. The van der Waals surface area contributed by atoms with Gasteiger partial charge in [-0.3, -0.25) is 0 Å². The second kappa shape index (κ2) is 5.74. The van der Waals surface area contributed by atoms with E-state index in [1.807, 2.05) is 32.2 Å². The fraction of sp³-hybridized carbons (Fsp3) is 0.471. The summed E-state index contributed by atoms with van der Waals surface area (Å²) >= 11 is 0. The number of methoxy groups -OCH3 is 1. The maximum Gasteiger partial charge on any atom is 0.216 e. The average molecular weight is 301 g/mol. The molecule has 1 heterocycles. The summed E-state index contributed by atoms with van der Waals surface area (Å²) in [7, 11) is 3.52. The van der Waals surface area contributed by atoms with Crippen molar-refractivity contribution in [1.82, 2.24) is 15.1 Å². The quantitative estimate of drug-likeness (QED) is 0.882. The molecule has 0 radical (unpaired) electrons. The van der Waals surface area contributed by atoms with Crippen LogP contribution in [-0.4, -0.2) is 28.5 Å². The molecule has 5 heteroatoms. The normalized spacial score (nSPS) is 20.2. The zero-order valence-electron chi connectivity index (χ0n) is 13.4.